The molecule has 0 aliphatic carbocycles. The molecule has 1 aromatic rings. The molecule has 0 spiro atoms. The summed E-state index contributed by atoms with van der Waals surface area (Å²) in [5.74, 6) is 0.732. The van der Waals surface area contributed by atoms with E-state index >= 15 is 0 Å². The van der Waals surface area contributed by atoms with Gasteiger partial charge in [0.2, 0.25) is 11.8 Å². The zero-order chi connectivity index (χ0) is 21.3. The van der Waals surface area contributed by atoms with Gasteiger partial charge in [0.25, 0.3) is 0 Å². The van der Waals surface area contributed by atoms with Gasteiger partial charge in [0.05, 0.1) is 18.9 Å². The van der Waals surface area contributed by atoms with Gasteiger partial charge in [-0.3, -0.25) is 9.59 Å². The fourth-order valence-electron chi connectivity index (χ4n) is 3.65. The topological polar surface area (TPSA) is 63.0 Å². The highest BCUT2D eigenvalue weighted by molar-refractivity contribution is 5.85. The smallest absolute Gasteiger partial charge is 0.242 e. The van der Waals surface area contributed by atoms with Crippen LogP contribution < -0.4 is 0 Å². The summed E-state index contributed by atoms with van der Waals surface area (Å²) < 4.78 is 11.2. The number of amides is 2. The van der Waals surface area contributed by atoms with Gasteiger partial charge < -0.3 is 19.0 Å². The predicted octanol–water partition coefficient (Wildman–Crippen LogP) is 4.38. The third kappa shape index (κ3) is 7.84. The molecule has 1 fully saturated rings. The van der Waals surface area contributed by atoms with Gasteiger partial charge in [0, 0.05) is 25.1 Å². The number of carbonyl (C=O) groups is 2. The van der Waals surface area contributed by atoms with E-state index in [0.717, 1.165) is 50.9 Å². The summed E-state index contributed by atoms with van der Waals surface area (Å²) in [7, 11) is 0. The summed E-state index contributed by atoms with van der Waals surface area (Å²) in [6, 6.07) is 3.70. The van der Waals surface area contributed by atoms with Gasteiger partial charge in [-0.05, 0) is 52.2 Å². The summed E-state index contributed by atoms with van der Waals surface area (Å²) >= 11 is 0. The number of hydrogen-bond donors (Lipinski definition) is 0. The van der Waals surface area contributed by atoms with Crippen molar-refractivity contribution in [2.75, 3.05) is 19.7 Å². The van der Waals surface area contributed by atoms with Crippen LogP contribution in [0.2, 0.25) is 0 Å². The van der Waals surface area contributed by atoms with E-state index in [-0.39, 0.29) is 24.5 Å². The third-order valence-electron chi connectivity index (χ3n) is 5.38. The summed E-state index contributed by atoms with van der Waals surface area (Å²) in [5, 5.41) is 0. The lowest BCUT2D eigenvalue weighted by atomic mass is 10.0. The van der Waals surface area contributed by atoms with Crippen molar-refractivity contribution in [3.05, 3.63) is 24.2 Å². The van der Waals surface area contributed by atoms with Gasteiger partial charge in [0.15, 0.2) is 0 Å². The standard InChI is InChI=1S/C23H38N2O4/c1-5-6-7-8-13-21(26)25(23(2,3)4)18-22(27)24(16-19-11-9-14-28-19)17-20-12-10-15-29-20/h9,11,14,20H,5-8,10,12-13,15-18H2,1-4H3. The molecule has 1 aliphatic heterocycles. The molecule has 1 saturated heterocycles. The molecule has 2 rings (SSSR count). The molecular weight excluding hydrogens is 368 g/mol. The van der Waals surface area contributed by atoms with Crippen molar-refractivity contribution in [1.29, 1.82) is 0 Å². The Morgan fingerprint density at radius 2 is 1.97 bits per heavy atom. The third-order valence-corrected chi connectivity index (χ3v) is 5.38. The molecule has 6 heteroatoms. The summed E-state index contributed by atoms with van der Waals surface area (Å²) in [5.41, 5.74) is -0.405. The molecule has 2 heterocycles. The second-order valence-corrected chi connectivity index (χ2v) is 8.95. The molecule has 1 aliphatic rings. The van der Waals surface area contributed by atoms with Crippen LogP contribution >= 0.6 is 0 Å². The Morgan fingerprint density at radius 1 is 1.17 bits per heavy atom. The van der Waals surface area contributed by atoms with E-state index in [1.54, 1.807) is 16.1 Å². The van der Waals surface area contributed by atoms with E-state index in [2.05, 4.69) is 6.92 Å². The first kappa shape index (κ1) is 23.5. The summed E-state index contributed by atoms with van der Waals surface area (Å²) in [6.45, 7) is 9.88. The maximum atomic E-state index is 13.2. The molecule has 0 radical (unpaired) electrons. The lowest BCUT2D eigenvalue weighted by molar-refractivity contribution is -0.146. The number of hydrogen-bond acceptors (Lipinski definition) is 4. The Labute approximate surface area is 175 Å². The van der Waals surface area contributed by atoms with Crippen molar-refractivity contribution in [2.45, 2.75) is 90.8 Å². The highest BCUT2D eigenvalue weighted by Gasteiger charge is 2.31. The predicted molar refractivity (Wildman–Crippen MR) is 113 cm³/mol. The van der Waals surface area contributed by atoms with Crippen molar-refractivity contribution >= 4 is 11.8 Å². The van der Waals surface area contributed by atoms with Crippen LogP contribution in [0.1, 0.15) is 78.4 Å². The molecule has 164 valence electrons. The number of carbonyl (C=O) groups excluding carboxylic acids is 2. The minimum atomic E-state index is -0.405. The van der Waals surface area contributed by atoms with Gasteiger partial charge >= 0.3 is 0 Å². The molecule has 2 amide bonds. The summed E-state index contributed by atoms with van der Waals surface area (Å²) in [4.78, 5) is 29.6. The minimum Gasteiger partial charge on any atom is -0.467 e. The molecular formula is C23H38N2O4. The number of rotatable bonds is 11. The largest absolute Gasteiger partial charge is 0.467 e. The molecule has 6 nitrogen and oxygen atoms in total. The molecule has 1 aromatic heterocycles. The maximum Gasteiger partial charge on any atom is 0.242 e. The average molecular weight is 407 g/mol. The molecule has 1 unspecified atom stereocenters. The number of furan rings is 1. The van der Waals surface area contributed by atoms with E-state index in [9.17, 15) is 9.59 Å². The highest BCUT2D eigenvalue weighted by Crippen LogP contribution is 2.19. The average Bonchev–Trinajstić information content (AvgIpc) is 3.35. The van der Waals surface area contributed by atoms with E-state index in [1.165, 1.54) is 0 Å². The van der Waals surface area contributed by atoms with Crippen LogP contribution in [0.15, 0.2) is 22.8 Å². The Hall–Kier alpha value is -1.82. The van der Waals surface area contributed by atoms with Crippen LogP contribution in [0.3, 0.4) is 0 Å². The van der Waals surface area contributed by atoms with Crippen LogP contribution in [0, 0.1) is 0 Å². The molecule has 0 bridgehead atoms. The SMILES string of the molecule is CCCCCCC(=O)N(CC(=O)N(Cc1ccco1)CC1CCCO1)C(C)(C)C. The Morgan fingerprint density at radius 3 is 2.55 bits per heavy atom. The van der Waals surface area contributed by atoms with Crippen molar-refractivity contribution in [3.8, 4) is 0 Å². The number of unbranched alkanes of at least 4 members (excludes halogenated alkanes) is 3. The van der Waals surface area contributed by atoms with E-state index in [1.807, 2.05) is 32.9 Å². The number of nitrogens with zero attached hydrogens (tertiary/aromatic N) is 2. The lowest BCUT2D eigenvalue weighted by Gasteiger charge is -2.37. The molecule has 0 N–H and O–H groups in total. The van der Waals surface area contributed by atoms with Gasteiger partial charge in [-0.2, -0.15) is 0 Å². The van der Waals surface area contributed by atoms with Crippen LogP contribution in [-0.2, 0) is 20.9 Å². The zero-order valence-corrected chi connectivity index (χ0v) is 18.6. The Bertz CT molecular complexity index is 615. The first-order valence-corrected chi connectivity index (χ1v) is 11.0. The summed E-state index contributed by atoms with van der Waals surface area (Å²) in [6.07, 6.45) is 8.36. The van der Waals surface area contributed by atoms with Crippen LogP contribution in [0.4, 0.5) is 0 Å². The fourth-order valence-corrected chi connectivity index (χ4v) is 3.65. The van der Waals surface area contributed by atoms with Gasteiger partial charge in [-0.1, -0.05) is 26.2 Å². The first-order valence-electron chi connectivity index (χ1n) is 11.0. The van der Waals surface area contributed by atoms with E-state index in [0.29, 0.717) is 19.5 Å². The second kappa shape index (κ2) is 11.4. The van der Waals surface area contributed by atoms with Gasteiger partial charge in [-0.25, -0.2) is 0 Å². The van der Waals surface area contributed by atoms with E-state index in [4.69, 9.17) is 9.15 Å². The van der Waals surface area contributed by atoms with Crippen LogP contribution in [-0.4, -0.2) is 53.0 Å². The lowest BCUT2D eigenvalue weighted by Crippen LogP contribution is -2.51. The minimum absolute atomic E-state index is 0.0528. The maximum absolute atomic E-state index is 13.2. The zero-order valence-electron chi connectivity index (χ0n) is 18.6. The normalized spacial score (nSPS) is 16.8. The van der Waals surface area contributed by atoms with E-state index < -0.39 is 5.54 Å². The molecule has 29 heavy (non-hydrogen) atoms. The van der Waals surface area contributed by atoms with Crippen molar-refractivity contribution in [3.63, 3.8) is 0 Å². The fraction of sp³-hybridized carbons (Fsp3) is 0.739. The monoisotopic (exact) mass is 406 g/mol. The van der Waals surface area contributed by atoms with Gasteiger partial charge in [-0.15, -0.1) is 0 Å². The van der Waals surface area contributed by atoms with Crippen LogP contribution in [0.25, 0.3) is 0 Å². The molecule has 0 aromatic carbocycles. The quantitative estimate of drug-likeness (QED) is 0.512. The van der Waals surface area contributed by atoms with Crippen molar-refractivity contribution < 1.29 is 18.7 Å². The Balaban J connectivity index is 2.04. The first-order chi connectivity index (χ1) is 13.8. The Kier molecular flexibility index (Phi) is 9.21. The highest BCUT2D eigenvalue weighted by atomic mass is 16.5. The van der Waals surface area contributed by atoms with Crippen molar-refractivity contribution in [2.24, 2.45) is 0 Å². The number of ether oxygens (including phenoxy) is 1. The molecule has 1 atom stereocenters. The second-order valence-electron chi connectivity index (χ2n) is 8.95. The van der Waals surface area contributed by atoms with Crippen molar-refractivity contribution in [1.82, 2.24) is 9.80 Å². The van der Waals surface area contributed by atoms with Crippen LogP contribution in [0.5, 0.6) is 0 Å². The van der Waals surface area contributed by atoms with Gasteiger partial charge in [0.1, 0.15) is 12.3 Å². The molecule has 0 saturated carbocycles.